The zero-order valence-corrected chi connectivity index (χ0v) is 6.85. The van der Waals surface area contributed by atoms with E-state index in [1.807, 2.05) is 0 Å². The van der Waals surface area contributed by atoms with Crippen LogP contribution in [0.25, 0.3) is 0 Å². The van der Waals surface area contributed by atoms with E-state index in [1.54, 1.807) is 0 Å². The van der Waals surface area contributed by atoms with Gasteiger partial charge in [-0.2, -0.15) is 0 Å². The molecule has 0 saturated heterocycles. The Morgan fingerprint density at radius 3 is 1.11 bits per heavy atom. The quantitative estimate of drug-likeness (QED) is 0.401. The molecular weight excluding hydrogens is 92.9 g/mol. The first-order valence-electron chi connectivity index (χ1n) is 4.18. The molecule has 0 aromatic carbocycles. The van der Waals surface area contributed by atoms with Gasteiger partial charge in [-0.05, 0) is 0 Å². The van der Waals surface area contributed by atoms with E-state index >= 15 is 0 Å². The van der Waals surface area contributed by atoms with Crippen molar-refractivity contribution in [1.82, 2.24) is 0 Å². The summed E-state index contributed by atoms with van der Waals surface area (Å²) in [5.41, 5.74) is 0. The Labute approximate surface area is 85.5 Å². The molecular formula is C6H9Li3. The van der Waals surface area contributed by atoms with Crippen LogP contribution in [0.2, 0.25) is 13.8 Å². The molecule has 9 heavy (non-hydrogen) atoms. The molecule has 0 bridgehead atoms. The van der Waals surface area contributed by atoms with Crippen LogP contribution < -0.4 is 0 Å². The molecule has 1 rings (SSSR count). The number of hydrogen-bond donors (Lipinski definition) is 0. The van der Waals surface area contributed by atoms with Crippen LogP contribution in [0.4, 0.5) is 0 Å². The van der Waals surface area contributed by atoms with Crippen molar-refractivity contribution in [3.05, 3.63) is 0 Å². The van der Waals surface area contributed by atoms with E-state index in [0.29, 0.717) is 0 Å². The van der Waals surface area contributed by atoms with Crippen molar-refractivity contribution in [1.29, 1.82) is 0 Å². The summed E-state index contributed by atoms with van der Waals surface area (Å²) in [6.45, 7) is 0. The van der Waals surface area contributed by atoms with Gasteiger partial charge < -0.3 is 0 Å². The van der Waals surface area contributed by atoms with Gasteiger partial charge in [0.05, 0.1) is 0 Å². The van der Waals surface area contributed by atoms with E-state index in [0.717, 1.165) is 13.8 Å². The normalized spacial score (nSPS) is 45.3. The van der Waals surface area contributed by atoms with Gasteiger partial charge in [-0.1, -0.05) is 0 Å². The van der Waals surface area contributed by atoms with Crippen LogP contribution in [0.1, 0.15) is 19.3 Å². The zero-order chi connectivity index (χ0) is 6.85. The maximum atomic E-state index is 2.38. The second-order valence-corrected chi connectivity index (χ2v) is 4.02. The first-order chi connectivity index (χ1) is 4.18. The van der Waals surface area contributed by atoms with Gasteiger partial charge in [-0.3, -0.25) is 0 Å². The second kappa shape index (κ2) is 3.98. The van der Waals surface area contributed by atoms with Gasteiger partial charge in [0.1, 0.15) is 0 Å². The standard InChI is InChI=1S/C6H9.3Li/c1-2-4-6-5-3-1;;;/h1,4-5H,2-3,6H2;;;. The van der Waals surface area contributed by atoms with Crippen LogP contribution in [0.3, 0.4) is 0 Å². The first kappa shape index (κ1) is 8.88. The molecule has 0 amide bonds. The molecule has 36 valence electrons. The van der Waals surface area contributed by atoms with Crippen LogP contribution in [0.5, 0.6) is 0 Å². The molecule has 1 aliphatic carbocycles. The molecule has 3 heteroatoms. The third-order valence-corrected chi connectivity index (χ3v) is 2.41. The van der Waals surface area contributed by atoms with E-state index in [9.17, 15) is 0 Å². The molecule has 0 spiro atoms. The van der Waals surface area contributed by atoms with Crippen molar-refractivity contribution in [2.45, 2.75) is 33.0 Å². The molecule has 0 aromatic rings. The molecule has 0 aromatic heterocycles. The first-order valence-corrected chi connectivity index (χ1v) is 4.18. The molecule has 1 fully saturated rings. The molecule has 0 unspecified atom stereocenters. The summed E-state index contributed by atoms with van der Waals surface area (Å²) in [5, 5.41) is 0. The van der Waals surface area contributed by atoms with Crippen molar-refractivity contribution in [3.63, 3.8) is 0 Å². The Morgan fingerprint density at radius 2 is 0.889 bits per heavy atom. The summed E-state index contributed by atoms with van der Waals surface area (Å²) >= 11 is 7.14. The average molecular weight is 102 g/mol. The second-order valence-electron chi connectivity index (χ2n) is 4.02. The van der Waals surface area contributed by atoms with Gasteiger partial charge in [0, 0.05) is 0 Å². The third kappa shape index (κ3) is 3.13. The molecule has 0 atom stereocenters. The van der Waals surface area contributed by atoms with Crippen LogP contribution >= 0.6 is 0 Å². The summed E-state index contributed by atoms with van der Waals surface area (Å²) in [4.78, 5) is 0. The minimum atomic E-state index is 0.990. The molecule has 0 aliphatic heterocycles. The van der Waals surface area contributed by atoms with Crippen molar-refractivity contribution in [2.75, 3.05) is 0 Å². The number of rotatable bonds is 0. The van der Waals surface area contributed by atoms with Crippen molar-refractivity contribution in [3.8, 4) is 0 Å². The fraction of sp³-hybridized carbons (Fsp3) is 1.00. The van der Waals surface area contributed by atoms with Gasteiger partial charge >= 0.3 is 86.2 Å². The average Bonchev–Trinajstić information content (AvgIpc) is 1.59. The van der Waals surface area contributed by atoms with Gasteiger partial charge in [-0.25, -0.2) is 0 Å². The molecule has 1 saturated carbocycles. The van der Waals surface area contributed by atoms with E-state index in [-0.39, 0.29) is 0 Å². The monoisotopic (exact) mass is 102 g/mol. The van der Waals surface area contributed by atoms with Gasteiger partial charge in [0.2, 0.25) is 0 Å². The molecule has 1 aliphatic rings. The van der Waals surface area contributed by atoms with Gasteiger partial charge in [0.15, 0.2) is 0 Å². The fourth-order valence-electron chi connectivity index (χ4n) is 2.35. The fourth-order valence-corrected chi connectivity index (χ4v) is 2.35. The van der Waals surface area contributed by atoms with E-state index in [1.165, 1.54) is 19.3 Å². The topological polar surface area (TPSA) is 0 Å². The van der Waals surface area contributed by atoms with Gasteiger partial charge in [-0.15, -0.1) is 0 Å². The summed E-state index contributed by atoms with van der Waals surface area (Å²) in [5.74, 6) is 0. The predicted octanol–water partition coefficient (Wildman–Crippen LogP) is 1.04. The van der Waals surface area contributed by atoms with Gasteiger partial charge in [0.25, 0.3) is 0 Å². The van der Waals surface area contributed by atoms with E-state index in [4.69, 9.17) is 0 Å². The van der Waals surface area contributed by atoms with Crippen molar-refractivity contribution < 1.29 is 0 Å². The van der Waals surface area contributed by atoms with Crippen molar-refractivity contribution >= 4 is 53.1 Å². The zero-order valence-electron chi connectivity index (χ0n) is 6.85. The minimum absolute atomic E-state index is 0.990. The SMILES string of the molecule is [Li][CH]1C[CH]([Li])C[CH]([Li])C1. The molecule has 0 N–H and O–H groups in total. The van der Waals surface area contributed by atoms with Crippen LogP contribution in [-0.4, -0.2) is 53.1 Å². The maximum absolute atomic E-state index is 2.38. The van der Waals surface area contributed by atoms with Crippen LogP contribution in [0, 0.1) is 0 Å². The Bertz CT molecular complexity index is 69.3. The van der Waals surface area contributed by atoms with Crippen LogP contribution in [-0.2, 0) is 0 Å². The Morgan fingerprint density at radius 1 is 0.667 bits per heavy atom. The summed E-state index contributed by atoms with van der Waals surface area (Å²) in [6.07, 6.45) is 4.39. The Kier molecular flexibility index (Phi) is 3.93. The predicted molar refractivity (Wildman–Crippen MR) is 42.4 cm³/mol. The number of hydrogen-bond acceptors (Lipinski definition) is 0. The van der Waals surface area contributed by atoms with Crippen molar-refractivity contribution in [2.24, 2.45) is 0 Å². The molecule has 0 radical (unpaired) electrons. The molecule has 0 nitrogen and oxygen atoms in total. The van der Waals surface area contributed by atoms with Crippen LogP contribution in [0.15, 0.2) is 0 Å². The summed E-state index contributed by atoms with van der Waals surface area (Å²) in [7, 11) is 0. The Balaban J connectivity index is 2.34. The Hall–Kier alpha value is 1.79. The third-order valence-electron chi connectivity index (χ3n) is 2.41. The summed E-state index contributed by atoms with van der Waals surface area (Å²) in [6, 6.07) is 0. The summed E-state index contributed by atoms with van der Waals surface area (Å²) < 4.78 is 2.97. The van der Waals surface area contributed by atoms with E-state index < -0.39 is 0 Å². The molecule has 0 heterocycles. The van der Waals surface area contributed by atoms with E-state index in [2.05, 4.69) is 53.1 Å².